The lowest BCUT2D eigenvalue weighted by atomic mass is 9.93. The van der Waals surface area contributed by atoms with Crippen molar-refractivity contribution in [2.45, 2.75) is 43.8 Å². The van der Waals surface area contributed by atoms with Crippen LogP contribution in [-0.4, -0.2) is 41.4 Å². The maximum absolute atomic E-state index is 13.1. The molecule has 0 aromatic heterocycles. The monoisotopic (exact) mass is 599 g/mol. The number of aryl methyl sites for hydroxylation is 2. The highest BCUT2D eigenvalue weighted by atomic mass is 32.2. The molecule has 3 nitrogen and oxygen atoms in total. The fraction of sp³-hybridized carbons (Fsp3) is 0.278. The summed E-state index contributed by atoms with van der Waals surface area (Å²) in [5, 5.41) is 3.49. The van der Waals surface area contributed by atoms with Crippen molar-refractivity contribution in [1.29, 1.82) is 0 Å². The van der Waals surface area contributed by atoms with E-state index >= 15 is 0 Å². The van der Waals surface area contributed by atoms with Gasteiger partial charge in [-0.05, 0) is 103 Å². The fourth-order valence-electron chi connectivity index (χ4n) is 6.21. The number of hydrogen-bond donors (Lipinski definition) is 1. The zero-order valence-corrected chi connectivity index (χ0v) is 25.4. The largest absolute Gasteiger partial charge is 0.416 e. The number of nitrogens with zero attached hydrogens (tertiary/aromatic N) is 2. The first-order valence-electron chi connectivity index (χ1n) is 14.7. The second-order valence-corrected chi connectivity index (χ2v) is 12.8. The Balaban J connectivity index is 1.10. The van der Waals surface area contributed by atoms with E-state index in [2.05, 4.69) is 70.5 Å². The van der Waals surface area contributed by atoms with Gasteiger partial charge >= 0.3 is 6.18 Å². The van der Waals surface area contributed by atoms with Gasteiger partial charge in [-0.1, -0.05) is 60.7 Å². The van der Waals surface area contributed by atoms with Crippen LogP contribution in [0.15, 0.2) is 96.4 Å². The van der Waals surface area contributed by atoms with E-state index in [9.17, 15) is 13.2 Å². The van der Waals surface area contributed by atoms with Gasteiger partial charge in [0.1, 0.15) is 0 Å². The fourth-order valence-corrected chi connectivity index (χ4v) is 7.11. The van der Waals surface area contributed by atoms with Gasteiger partial charge in [-0.3, -0.25) is 4.90 Å². The van der Waals surface area contributed by atoms with E-state index in [1.54, 1.807) is 12.1 Å². The number of piperazine rings is 1. The van der Waals surface area contributed by atoms with Gasteiger partial charge in [-0.2, -0.15) is 13.2 Å². The maximum atomic E-state index is 13.1. The van der Waals surface area contributed by atoms with Crippen molar-refractivity contribution >= 4 is 23.3 Å². The molecule has 222 valence electrons. The predicted octanol–water partition coefficient (Wildman–Crippen LogP) is 8.86. The van der Waals surface area contributed by atoms with E-state index in [1.165, 1.54) is 21.6 Å². The average Bonchev–Trinajstić information content (AvgIpc) is 3.42. The third-order valence-corrected chi connectivity index (χ3v) is 9.66. The van der Waals surface area contributed by atoms with E-state index in [0.717, 1.165) is 84.8 Å². The number of fused-ring (bicyclic) bond motifs is 1. The highest BCUT2D eigenvalue weighted by Crippen LogP contribution is 2.36. The lowest BCUT2D eigenvalue weighted by molar-refractivity contribution is -0.137. The van der Waals surface area contributed by atoms with Crippen molar-refractivity contribution in [3.05, 3.63) is 125 Å². The van der Waals surface area contributed by atoms with Crippen molar-refractivity contribution in [1.82, 2.24) is 9.21 Å². The summed E-state index contributed by atoms with van der Waals surface area (Å²) in [5.41, 5.74) is 8.57. The molecule has 43 heavy (non-hydrogen) atoms. The Morgan fingerprint density at radius 1 is 0.837 bits per heavy atom. The average molecular weight is 600 g/mol. The van der Waals surface area contributed by atoms with Crippen molar-refractivity contribution in [3.8, 4) is 11.1 Å². The molecule has 2 aliphatic rings. The molecule has 1 aliphatic carbocycles. The summed E-state index contributed by atoms with van der Waals surface area (Å²) in [6, 6.07) is 27.1. The summed E-state index contributed by atoms with van der Waals surface area (Å²) < 4.78 is 41.9. The van der Waals surface area contributed by atoms with Crippen LogP contribution in [0.3, 0.4) is 0 Å². The van der Waals surface area contributed by atoms with Gasteiger partial charge in [0.05, 0.1) is 5.56 Å². The lowest BCUT2D eigenvalue weighted by Gasteiger charge is -2.37. The molecular weight excluding hydrogens is 563 g/mol. The second kappa shape index (κ2) is 12.2. The van der Waals surface area contributed by atoms with Gasteiger partial charge in [-0.25, -0.2) is 4.31 Å². The molecule has 1 atom stereocenters. The van der Waals surface area contributed by atoms with Gasteiger partial charge in [0.25, 0.3) is 0 Å². The molecule has 7 heteroatoms. The topological polar surface area (TPSA) is 18.5 Å². The minimum absolute atomic E-state index is 0.517. The number of hydrogen-bond acceptors (Lipinski definition) is 4. The molecule has 1 fully saturated rings. The lowest BCUT2D eigenvalue weighted by Crippen LogP contribution is -2.48. The van der Waals surface area contributed by atoms with Crippen molar-refractivity contribution in [2.24, 2.45) is 0 Å². The number of rotatable bonds is 7. The molecule has 6 rings (SSSR count). The van der Waals surface area contributed by atoms with Gasteiger partial charge < -0.3 is 5.32 Å². The molecule has 1 heterocycles. The quantitative estimate of drug-likeness (QED) is 0.214. The molecular formula is C36H36F3N3S. The van der Waals surface area contributed by atoms with E-state index in [1.807, 2.05) is 37.1 Å². The molecule has 0 saturated carbocycles. The summed E-state index contributed by atoms with van der Waals surface area (Å²) in [7, 11) is 0. The molecule has 4 aromatic rings. The third-order valence-electron chi connectivity index (χ3n) is 8.56. The normalized spacial score (nSPS) is 17.6. The van der Waals surface area contributed by atoms with E-state index < -0.39 is 11.7 Å². The molecule has 0 spiro atoms. The van der Waals surface area contributed by atoms with E-state index in [4.69, 9.17) is 0 Å². The Morgan fingerprint density at radius 3 is 2.23 bits per heavy atom. The van der Waals surface area contributed by atoms with Gasteiger partial charge in [0.2, 0.25) is 0 Å². The summed E-state index contributed by atoms with van der Waals surface area (Å²) in [4.78, 5) is 3.94. The highest BCUT2D eigenvalue weighted by Gasteiger charge is 2.31. The Bertz CT molecular complexity index is 1600. The molecule has 0 radical (unpaired) electrons. The molecule has 1 unspecified atom stereocenters. The minimum atomic E-state index is -4.36. The number of benzene rings is 4. The Labute approximate surface area is 256 Å². The number of nitrogens with one attached hydrogen (secondary N) is 1. The Hall–Kier alpha value is -3.52. The van der Waals surface area contributed by atoms with E-state index in [0.29, 0.717) is 6.04 Å². The zero-order chi connectivity index (χ0) is 30.1. The van der Waals surface area contributed by atoms with Crippen LogP contribution >= 0.6 is 11.9 Å². The van der Waals surface area contributed by atoms with Crippen molar-refractivity contribution in [2.75, 3.05) is 31.5 Å². The predicted molar refractivity (Wildman–Crippen MR) is 172 cm³/mol. The molecule has 0 bridgehead atoms. The number of alkyl halides is 3. The second-order valence-electron chi connectivity index (χ2n) is 11.6. The first kappa shape index (κ1) is 29.5. The third kappa shape index (κ3) is 6.69. The zero-order valence-electron chi connectivity index (χ0n) is 24.5. The van der Waals surface area contributed by atoms with Crippen LogP contribution in [0.4, 0.5) is 18.9 Å². The van der Waals surface area contributed by atoms with Crippen LogP contribution < -0.4 is 5.32 Å². The highest BCUT2D eigenvalue weighted by molar-refractivity contribution is 7.97. The van der Waals surface area contributed by atoms with Crippen LogP contribution in [0.5, 0.6) is 0 Å². The van der Waals surface area contributed by atoms with Crippen LogP contribution in [-0.2, 0) is 19.0 Å². The van der Waals surface area contributed by atoms with Gasteiger partial charge in [0.15, 0.2) is 0 Å². The summed E-state index contributed by atoms with van der Waals surface area (Å²) in [5.74, 6) is 0. The van der Waals surface area contributed by atoms with E-state index in [-0.39, 0.29) is 0 Å². The number of anilines is 1. The summed E-state index contributed by atoms with van der Waals surface area (Å²) >= 11 is 1.86. The Morgan fingerprint density at radius 2 is 1.53 bits per heavy atom. The SMILES string of the molecule is C=C(Nc1ccc2c(c1)CC(N1CCN(Sc3ccc(C)cc3)CC1)C2)c1cccc(C)c1-c1ccc(C(F)(F)F)cc1. The summed E-state index contributed by atoms with van der Waals surface area (Å²) in [6.45, 7) is 12.7. The molecule has 4 aromatic carbocycles. The number of halogens is 3. The summed E-state index contributed by atoms with van der Waals surface area (Å²) in [6.07, 6.45) is -2.26. The molecule has 0 amide bonds. The first-order chi connectivity index (χ1) is 20.6. The maximum Gasteiger partial charge on any atom is 0.416 e. The molecule has 1 aliphatic heterocycles. The standard InChI is InChI=1S/C36H36F3N3S/c1-24-7-15-33(16-8-24)43-42-19-17-41(18-20-42)32-22-28-11-14-31(21-29(28)23-32)40-26(3)34-6-4-5-25(2)35(34)27-9-12-30(13-10-27)36(37,38)39/h4-16,21,32,40H,3,17-20,22-23H2,1-2H3. The van der Waals surface area contributed by atoms with Gasteiger partial charge in [-0.15, -0.1) is 0 Å². The van der Waals surface area contributed by atoms with Crippen molar-refractivity contribution < 1.29 is 13.2 Å². The van der Waals surface area contributed by atoms with Crippen LogP contribution in [0.2, 0.25) is 0 Å². The van der Waals surface area contributed by atoms with Gasteiger partial charge in [0, 0.05) is 54.1 Å². The molecule has 1 saturated heterocycles. The van der Waals surface area contributed by atoms with Crippen LogP contribution in [0.25, 0.3) is 16.8 Å². The molecule has 1 N–H and O–H groups in total. The smallest absolute Gasteiger partial charge is 0.355 e. The van der Waals surface area contributed by atoms with Crippen LogP contribution in [0, 0.1) is 13.8 Å². The minimum Gasteiger partial charge on any atom is -0.355 e. The van der Waals surface area contributed by atoms with Crippen LogP contribution in [0.1, 0.15) is 33.4 Å². The first-order valence-corrected chi connectivity index (χ1v) is 15.5. The Kier molecular flexibility index (Phi) is 8.40. The van der Waals surface area contributed by atoms with Crippen molar-refractivity contribution in [3.63, 3.8) is 0 Å².